The zero-order chi connectivity index (χ0) is 26.1. The van der Waals surface area contributed by atoms with Crippen molar-refractivity contribution < 1.29 is 4.79 Å². The fourth-order valence-corrected chi connectivity index (χ4v) is 7.06. The van der Waals surface area contributed by atoms with E-state index < -0.39 is 0 Å². The van der Waals surface area contributed by atoms with Crippen molar-refractivity contribution in [3.05, 3.63) is 98.7 Å². The van der Waals surface area contributed by atoms with E-state index in [4.69, 9.17) is 23.2 Å². The lowest BCUT2D eigenvalue weighted by molar-refractivity contribution is -0.114. The van der Waals surface area contributed by atoms with Gasteiger partial charge in [0.1, 0.15) is 11.8 Å². The third-order valence-electron chi connectivity index (χ3n) is 5.28. The first-order chi connectivity index (χ1) is 17.4. The van der Waals surface area contributed by atoms with Crippen LogP contribution in [0.15, 0.2) is 77.6 Å². The Hall–Kier alpha value is -2.63. The van der Waals surface area contributed by atoms with E-state index in [1.807, 2.05) is 57.2 Å². The molecule has 0 unspecified atom stereocenters. The Morgan fingerprint density at radius 1 is 1.31 bits per heavy atom. The zero-order valence-corrected chi connectivity index (χ0v) is 23.3. The monoisotopic (exact) mass is 556 g/mol. The van der Waals surface area contributed by atoms with Crippen molar-refractivity contribution in [2.75, 3.05) is 17.2 Å². The number of amides is 1. The van der Waals surface area contributed by atoms with Crippen LogP contribution in [0, 0.1) is 18.3 Å². The van der Waals surface area contributed by atoms with Crippen LogP contribution in [0.1, 0.15) is 30.2 Å². The summed E-state index contributed by atoms with van der Waals surface area (Å²) in [5.41, 5.74) is 3.77. The summed E-state index contributed by atoms with van der Waals surface area (Å²) in [6.45, 7) is 6.53. The number of aromatic nitrogens is 2. The first kappa shape index (κ1) is 27.9. The fraction of sp³-hybridized carbons (Fsp3) is 0.222. The number of para-hydroxylation sites is 1. The van der Waals surface area contributed by atoms with Gasteiger partial charge in [0.25, 0.3) is 5.91 Å². The molecule has 0 bridgehead atoms. The number of rotatable bonds is 5. The average molecular weight is 558 g/mol. The molecule has 3 aromatic rings. The number of carbonyl (C=O) groups is 1. The fourth-order valence-electron chi connectivity index (χ4n) is 3.53. The lowest BCUT2D eigenvalue weighted by Crippen LogP contribution is -2.29. The molecule has 0 aliphatic carbocycles. The maximum Gasteiger partial charge on any atom is 0.250 e. The van der Waals surface area contributed by atoms with Gasteiger partial charge < -0.3 is 4.90 Å². The maximum atomic E-state index is 11.8. The van der Waals surface area contributed by atoms with Gasteiger partial charge in [-0.2, -0.15) is 5.26 Å². The van der Waals surface area contributed by atoms with E-state index in [2.05, 4.69) is 11.1 Å². The van der Waals surface area contributed by atoms with E-state index >= 15 is 0 Å². The number of thioether (sulfide) groups is 2. The lowest BCUT2D eigenvalue weighted by Gasteiger charge is -2.21. The lowest BCUT2D eigenvalue weighted by atomic mass is 10.2. The second-order valence-electron chi connectivity index (χ2n) is 7.67. The quantitative estimate of drug-likeness (QED) is 0.235. The van der Waals surface area contributed by atoms with Crippen LogP contribution < -0.4 is 4.90 Å². The molecule has 1 amide bonds. The molecule has 36 heavy (non-hydrogen) atoms. The number of anilines is 1. The molecule has 5 nitrogen and oxygen atoms in total. The van der Waals surface area contributed by atoms with Crippen molar-refractivity contribution in [3.63, 3.8) is 0 Å². The van der Waals surface area contributed by atoms with Gasteiger partial charge >= 0.3 is 0 Å². The molecule has 1 aliphatic heterocycles. The second-order valence-corrected chi connectivity index (χ2v) is 11.0. The Labute approximate surface area is 230 Å². The van der Waals surface area contributed by atoms with E-state index in [0.29, 0.717) is 22.3 Å². The molecule has 0 radical (unpaired) electrons. The number of aryl methyl sites for hydroxylation is 1. The zero-order valence-electron chi connectivity index (χ0n) is 20.2. The predicted molar refractivity (Wildman–Crippen MR) is 154 cm³/mol. The standard InChI is InChI=1S/C14H9Cl2N3S2.C13H17NO/c15-9-1-2-10(11(16)5-9)13-7-20-14(21-13)12(6-17)19-4-3-18-8-19;1-4-8-13(15)14(5-2)12-10-7-6-9-11(12)3/h1-5,8,13H,7H2;4,6-10H,5H2,1-3H3/b14-12+;8-4+/t13-;/m0./s1. The molecule has 0 spiro atoms. The summed E-state index contributed by atoms with van der Waals surface area (Å²) < 4.78 is 2.73. The average Bonchev–Trinajstić information content (AvgIpc) is 3.55. The summed E-state index contributed by atoms with van der Waals surface area (Å²) in [5, 5.41) is 10.9. The third kappa shape index (κ3) is 6.98. The molecule has 186 valence electrons. The van der Waals surface area contributed by atoms with Crippen LogP contribution >= 0.6 is 46.7 Å². The summed E-state index contributed by atoms with van der Waals surface area (Å²) in [5.74, 6) is 0.913. The molecule has 1 saturated heterocycles. The van der Waals surface area contributed by atoms with Crippen molar-refractivity contribution in [3.8, 4) is 6.07 Å². The Morgan fingerprint density at radius 3 is 2.69 bits per heavy atom. The van der Waals surface area contributed by atoms with Gasteiger partial charge in [0.2, 0.25) is 0 Å². The largest absolute Gasteiger partial charge is 0.309 e. The number of halogens is 2. The minimum Gasteiger partial charge on any atom is -0.309 e. The SMILES string of the molecule is C/C=C/C(=O)N(CC)c1ccccc1C.N#C/C(=C1/SC[C@@H](c2ccc(Cl)cc2Cl)S1)n1ccnc1. The Bertz CT molecular complexity index is 1300. The number of nitrogens with zero attached hydrogens (tertiary/aromatic N) is 4. The van der Waals surface area contributed by atoms with E-state index in [9.17, 15) is 10.1 Å². The summed E-state index contributed by atoms with van der Waals surface area (Å²) in [6.07, 6.45) is 8.43. The smallest absolute Gasteiger partial charge is 0.250 e. The Kier molecular flexibility index (Phi) is 10.6. The second kappa shape index (κ2) is 13.6. The molecule has 1 atom stereocenters. The molecule has 1 fully saturated rings. The topological polar surface area (TPSA) is 61.9 Å². The Morgan fingerprint density at radius 2 is 2.08 bits per heavy atom. The van der Waals surface area contributed by atoms with Gasteiger partial charge in [-0.15, -0.1) is 23.5 Å². The van der Waals surface area contributed by atoms with Gasteiger partial charge in [-0.1, -0.05) is 53.5 Å². The maximum absolute atomic E-state index is 11.8. The van der Waals surface area contributed by atoms with Crippen molar-refractivity contribution in [1.29, 1.82) is 5.26 Å². The van der Waals surface area contributed by atoms with E-state index in [1.165, 1.54) is 0 Å². The molecule has 0 saturated carbocycles. The number of carbonyl (C=O) groups excluding carboxylic acids is 1. The highest BCUT2D eigenvalue weighted by Gasteiger charge is 2.27. The number of nitriles is 1. The van der Waals surface area contributed by atoms with Crippen LogP contribution in [-0.4, -0.2) is 27.8 Å². The first-order valence-corrected chi connectivity index (χ1v) is 13.9. The van der Waals surface area contributed by atoms with Crippen molar-refractivity contribution in [2.24, 2.45) is 0 Å². The number of hydrogen-bond acceptors (Lipinski definition) is 5. The Balaban J connectivity index is 0.000000214. The highest BCUT2D eigenvalue weighted by molar-refractivity contribution is 8.25. The van der Waals surface area contributed by atoms with Crippen LogP contribution in [0.5, 0.6) is 0 Å². The molecule has 2 heterocycles. The van der Waals surface area contributed by atoms with Gasteiger partial charge in [-0.05, 0) is 56.2 Å². The van der Waals surface area contributed by atoms with Crippen LogP contribution in [0.2, 0.25) is 10.0 Å². The highest BCUT2D eigenvalue weighted by atomic mass is 35.5. The summed E-state index contributed by atoms with van der Waals surface area (Å²) >= 11 is 15.5. The molecule has 0 N–H and O–H groups in total. The minimum absolute atomic E-state index is 0.0364. The molecule has 9 heteroatoms. The molecular formula is C27H26Cl2N4OS2. The van der Waals surface area contributed by atoms with Crippen LogP contribution in [-0.2, 0) is 4.79 Å². The van der Waals surface area contributed by atoms with Gasteiger partial charge in [0.05, 0.1) is 10.6 Å². The number of allylic oxidation sites excluding steroid dienone is 2. The van der Waals surface area contributed by atoms with Gasteiger partial charge in [0, 0.05) is 45.7 Å². The molecule has 1 aliphatic rings. The third-order valence-corrected chi connectivity index (χ3v) is 8.77. The van der Waals surface area contributed by atoms with E-state index in [-0.39, 0.29) is 11.2 Å². The molecule has 2 aromatic carbocycles. The van der Waals surface area contributed by atoms with Gasteiger partial charge in [-0.25, -0.2) is 4.98 Å². The van der Waals surface area contributed by atoms with Gasteiger partial charge in [-0.3, -0.25) is 9.36 Å². The molecule has 1 aromatic heterocycles. The number of likely N-dealkylation sites (N-methyl/N-ethyl adjacent to an activating group) is 1. The van der Waals surface area contributed by atoms with Crippen molar-refractivity contribution >= 4 is 64.0 Å². The van der Waals surface area contributed by atoms with Crippen LogP contribution in [0.3, 0.4) is 0 Å². The van der Waals surface area contributed by atoms with E-state index in [0.717, 1.165) is 26.8 Å². The normalized spacial score (nSPS) is 16.3. The summed E-state index contributed by atoms with van der Waals surface area (Å²) in [6, 6.07) is 15.7. The summed E-state index contributed by atoms with van der Waals surface area (Å²) in [7, 11) is 0. The van der Waals surface area contributed by atoms with E-state index in [1.54, 1.807) is 69.9 Å². The minimum atomic E-state index is 0.0364. The highest BCUT2D eigenvalue weighted by Crippen LogP contribution is 2.53. The summed E-state index contributed by atoms with van der Waals surface area (Å²) in [4.78, 5) is 17.5. The number of benzene rings is 2. The molecule has 4 rings (SSSR count). The van der Waals surface area contributed by atoms with Crippen LogP contribution in [0.25, 0.3) is 5.70 Å². The van der Waals surface area contributed by atoms with Crippen molar-refractivity contribution in [1.82, 2.24) is 9.55 Å². The van der Waals surface area contributed by atoms with Gasteiger partial charge in [0.15, 0.2) is 0 Å². The molecular weight excluding hydrogens is 531 g/mol. The van der Waals surface area contributed by atoms with Crippen LogP contribution in [0.4, 0.5) is 5.69 Å². The predicted octanol–water partition coefficient (Wildman–Crippen LogP) is 7.98. The first-order valence-electron chi connectivity index (χ1n) is 11.3. The number of hydrogen-bond donors (Lipinski definition) is 0. The number of imidazole rings is 1. The van der Waals surface area contributed by atoms with Crippen molar-refractivity contribution in [2.45, 2.75) is 26.0 Å².